The number of rotatable bonds is 4. The Morgan fingerprint density at radius 2 is 2.21 bits per heavy atom. The molecule has 1 aromatic heterocycles. The predicted octanol–water partition coefficient (Wildman–Crippen LogP) is 2.65. The molecule has 0 bridgehead atoms. The zero-order valence-electron chi connectivity index (χ0n) is 12.0. The maximum Gasteiger partial charge on any atom is 0.223 e. The second-order valence-electron chi connectivity index (χ2n) is 5.29. The summed E-state index contributed by atoms with van der Waals surface area (Å²) in [5.41, 5.74) is 5.83. The monoisotopic (exact) mass is 263 g/mol. The maximum atomic E-state index is 5.83. The zero-order chi connectivity index (χ0) is 13.7. The molecule has 106 valence electrons. The third kappa shape index (κ3) is 3.72. The first kappa shape index (κ1) is 13.9. The molecule has 5 heteroatoms. The van der Waals surface area contributed by atoms with Gasteiger partial charge in [-0.25, -0.2) is 0 Å². The Hall–Kier alpha value is -1.52. The average Bonchev–Trinajstić information content (AvgIpc) is 2.60. The van der Waals surface area contributed by atoms with Crippen molar-refractivity contribution >= 4 is 17.6 Å². The summed E-state index contributed by atoms with van der Waals surface area (Å²) in [5, 5.41) is 3.29. The molecule has 19 heavy (non-hydrogen) atoms. The van der Waals surface area contributed by atoms with Gasteiger partial charge >= 0.3 is 0 Å². The van der Waals surface area contributed by atoms with Gasteiger partial charge in [0.15, 0.2) is 0 Å². The normalized spacial score (nSPS) is 20.1. The third-order valence-electron chi connectivity index (χ3n) is 3.63. The Morgan fingerprint density at radius 1 is 1.37 bits per heavy atom. The molecular weight excluding hydrogens is 238 g/mol. The lowest BCUT2D eigenvalue weighted by molar-refractivity contribution is 0.611. The Labute approximate surface area is 115 Å². The van der Waals surface area contributed by atoms with Crippen LogP contribution >= 0.6 is 0 Å². The first-order chi connectivity index (χ1) is 9.20. The fourth-order valence-electron chi connectivity index (χ4n) is 2.56. The lowest BCUT2D eigenvalue weighted by atomic mass is 10.1. The number of aromatic nitrogens is 2. The van der Waals surface area contributed by atoms with Crippen LogP contribution in [-0.4, -0.2) is 29.1 Å². The van der Waals surface area contributed by atoms with Gasteiger partial charge < -0.3 is 16.0 Å². The SMILES string of the molecule is CCCNc1cc(N2CCCCCC2C)nc(N)n1. The van der Waals surface area contributed by atoms with Gasteiger partial charge in [0, 0.05) is 25.2 Å². The summed E-state index contributed by atoms with van der Waals surface area (Å²) in [5.74, 6) is 2.15. The fraction of sp³-hybridized carbons (Fsp3) is 0.714. The predicted molar refractivity (Wildman–Crippen MR) is 80.5 cm³/mol. The van der Waals surface area contributed by atoms with Crippen LogP contribution in [-0.2, 0) is 0 Å². The summed E-state index contributed by atoms with van der Waals surface area (Å²) >= 11 is 0. The van der Waals surface area contributed by atoms with Crippen molar-refractivity contribution < 1.29 is 0 Å². The quantitative estimate of drug-likeness (QED) is 0.874. The first-order valence-corrected chi connectivity index (χ1v) is 7.35. The molecule has 0 aliphatic carbocycles. The van der Waals surface area contributed by atoms with E-state index in [1.165, 1.54) is 25.7 Å². The highest BCUT2D eigenvalue weighted by Gasteiger charge is 2.19. The third-order valence-corrected chi connectivity index (χ3v) is 3.63. The van der Waals surface area contributed by atoms with Crippen LogP contribution in [0.1, 0.15) is 46.0 Å². The summed E-state index contributed by atoms with van der Waals surface area (Å²) in [6.07, 6.45) is 6.13. The molecule has 0 saturated carbocycles. The van der Waals surface area contributed by atoms with Gasteiger partial charge in [-0.15, -0.1) is 0 Å². The molecule has 2 rings (SSSR count). The molecule has 1 aromatic rings. The molecule has 1 aliphatic heterocycles. The number of nitrogens with two attached hydrogens (primary N) is 1. The van der Waals surface area contributed by atoms with Gasteiger partial charge in [-0.2, -0.15) is 9.97 Å². The van der Waals surface area contributed by atoms with Crippen LogP contribution in [0.5, 0.6) is 0 Å². The molecule has 1 fully saturated rings. The minimum Gasteiger partial charge on any atom is -0.370 e. The second-order valence-corrected chi connectivity index (χ2v) is 5.29. The fourth-order valence-corrected chi connectivity index (χ4v) is 2.56. The summed E-state index contributed by atoms with van der Waals surface area (Å²) in [7, 11) is 0. The molecular formula is C14H25N5. The van der Waals surface area contributed by atoms with Crippen LogP contribution in [0, 0.1) is 0 Å². The molecule has 1 unspecified atom stereocenters. The van der Waals surface area contributed by atoms with Gasteiger partial charge in [0.25, 0.3) is 0 Å². The minimum atomic E-state index is 0.354. The van der Waals surface area contributed by atoms with E-state index in [1.807, 2.05) is 6.07 Å². The molecule has 1 saturated heterocycles. The average molecular weight is 263 g/mol. The highest BCUT2D eigenvalue weighted by Crippen LogP contribution is 2.24. The second kappa shape index (κ2) is 6.59. The molecule has 1 atom stereocenters. The number of anilines is 3. The highest BCUT2D eigenvalue weighted by atomic mass is 15.2. The first-order valence-electron chi connectivity index (χ1n) is 7.35. The Balaban J connectivity index is 2.19. The van der Waals surface area contributed by atoms with E-state index >= 15 is 0 Å². The van der Waals surface area contributed by atoms with Crippen molar-refractivity contribution in [3.8, 4) is 0 Å². The van der Waals surface area contributed by atoms with Crippen molar-refractivity contribution in [1.82, 2.24) is 9.97 Å². The lowest BCUT2D eigenvalue weighted by Gasteiger charge is -2.28. The van der Waals surface area contributed by atoms with Gasteiger partial charge in [0.1, 0.15) is 11.6 Å². The molecule has 0 aromatic carbocycles. The van der Waals surface area contributed by atoms with E-state index in [-0.39, 0.29) is 0 Å². The lowest BCUT2D eigenvalue weighted by Crippen LogP contribution is -2.33. The van der Waals surface area contributed by atoms with E-state index in [2.05, 4.69) is 34.0 Å². The van der Waals surface area contributed by atoms with Gasteiger partial charge in [-0.1, -0.05) is 19.8 Å². The van der Waals surface area contributed by atoms with Crippen LogP contribution < -0.4 is 16.0 Å². The van der Waals surface area contributed by atoms with Crippen molar-refractivity contribution in [2.24, 2.45) is 0 Å². The standard InChI is InChI=1S/C14H25N5/c1-3-8-16-12-10-13(18-14(15)17-12)19-9-6-4-5-7-11(19)2/h10-11H,3-9H2,1-2H3,(H3,15,16,17,18). The van der Waals surface area contributed by atoms with Crippen molar-refractivity contribution in [2.45, 2.75) is 52.0 Å². The number of nitrogen functional groups attached to an aromatic ring is 1. The van der Waals surface area contributed by atoms with E-state index in [0.717, 1.165) is 31.1 Å². The number of hydrogen-bond donors (Lipinski definition) is 2. The van der Waals surface area contributed by atoms with Crippen LogP contribution in [0.15, 0.2) is 6.07 Å². The number of nitrogens with zero attached hydrogens (tertiary/aromatic N) is 3. The van der Waals surface area contributed by atoms with E-state index in [0.29, 0.717) is 12.0 Å². The number of nitrogens with one attached hydrogen (secondary N) is 1. The Kier molecular flexibility index (Phi) is 4.82. The van der Waals surface area contributed by atoms with Crippen LogP contribution in [0.25, 0.3) is 0 Å². The van der Waals surface area contributed by atoms with Crippen LogP contribution in [0.2, 0.25) is 0 Å². The molecule has 3 N–H and O–H groups in total. The summed E-state index contributed by atoms with van der Waals surface area (Å²) in [6.45, 7) is 6.37. The topological polar surface area (TPSA) is 67.1 Å². The van der Waals surface area contributed by atoms with Crippen LogP contribution in [0.4, 0.5) is 17.6 Å². The Morgan fingerprint density at radius 3 is 3.00 bits per heavy atom. The molecule has 5 nitrogen and oxygen atoms in total. The highest BCUT2D eigenvalue weighted by molar-refractivity contribution is 5.53. The van der Waals surface area contributed by atoms with Gasteiger partial charge in [0.05, 0.1) is 0 Å². The molecule has 0 spiro atoms. The summed E-state index contributed by atoms with van der Waals surface area (Å²) in [4.78, 5) is 11.0. The molecule has 1 aliphatic rings. The van der Waals surface area contributed by atoms with E-state index in [4.69, 9.17) is 5.73 Å². The van der Waals surface area contributed by atoms with Gasteiger partial charge in [-0.3, -0.25) is 0 Å². The van der Waals surface area contributed by atoms with Crippen molar-refractivity contribution in [2.75, 3.05) is 29.0 Å². The van der Waals surface area contributed by atoms with Crippen molar-refractivity contribution in [1.29, 1.82) is 0 Å². The molecule has 2 heterocycles. The summed E-state index contributed by atoms with van der Waals surface area (Å²) < 4.78 is 0. The van der Waals surface area contributed by atoms with Crippen molar-refractivity contribution in [3.63, 3.8) is 0 Å². The summed E-state index contributed by atoms with van der Waals surface area (Å²) in [6, 6.07) is 2.55. The molecule has 0 amide bonds. The Bertz CT molecular complexity index is 407. The largest absolute Gasteiger partial charge is 0.370 e. The smallest absolute Gasteiger partial charge is 0.223 e. The van der Waals surface area contributed by atoms with Crippen LogP contribution in [0.3, 0.4) is 0 Å². The van der Waals surface area contributed by atoms with E-state index < -0.39 is 0 Å². The maximum absolute atomic E-state index is 5.83. The minimum absolute atomic E-state index is 0.354. The van der Waals surface area contributed by atoms with E-state index in [1.54, 1.807) is 0 Å². The van der Waals surface area contributed by atoms with Crippen molar-refractivity contribution in [3.05, 3.63) is 6.07 Å². The van der Waals surface area contributed by atoms with E-state index in [9.17, 15) is 0 Å². The number of hydrogen-bond acceptors (Lipinski definition) is 5. The molecule has 0 radical (unpaired) electrons. The zero-order valence-corrected chi connectivity index (χ0v) is 12.0. The van der Waals surface area contributed by atoms with Gasteiger partial charge in [0.2, 0.25) is 5.95 Å². The van der Waals surface area contributed by atoms with Gasteiger partial charge in [-0.05, 0) is 26.2 Å².